The van der Waals surface area contributed by atoms with Crippen LogP contribution in [-0.2, 0) is 6.54 Å². The second kappa shape index (κ2) is 8.81. The second-order valence-electron chi connectivity index (χ2n) is 6.26. The Kier molecular flexibility index (Phi) is 6.01. The van der Waals surface area contributed by atoms with Gasteiger partial charge in [-0.3, -0.25) is 9.59 Å². The molecule has 28 heavy (non-hydrogen) atoms. The van der Waals surface area contributed by atoms with E-state index in [9.17, 15) is 9.59 Å². The highest BCUT2D eigenvalue weighted by Crippen LogP contribution is 2.15. The van der Waals surface area contributed by atoms with E-state index in [4.69, 9.17) is 4.74 Å². The molecule has 2 amide bonds. The van der Waals surface area contributed by atoms with E-state index >= 15 is 0 Å². The van der Waals surface area contributed by atoms with Gasteiger partial charge in [0.05, 0.1) is 7.11 Å². The molecule has 0 aliphatic heterocycles. The number of aromatic nitrogens is 1. The van der Waals surface area contributed by atoms with Gasteiger partial charge < -0.3 is 15.4 Å². The number of rotatable bonds is 6. The molecule has 0 unspecified atom stereocenters. The Labute approximate surface area is 163 Å². The Balaban J connectivity index is 1.64. The second-order valence-corrected chi connectivity index (χ2v) is 6.26. The summed E-state index contributed by atoms with van der Waals surface area (Å²) in [5.41, 5.74) is 3.12. The molecule has 0 bridgehead atoms. The molecule has 2 N–H and O–H groups in total. The van der Waals surface area contributed by atoms with Crippen LogP contribution in [0, 0.1) is 6.92 Å². The van der Waals surface area contributed by atoms with Gasteiger partial charge in [0.25, 0.3) is 11.8 Å². The number of carbonyl (C=O) groups is 2. The van der Waals surface area contributed by atoms with Gasteiger partial charge in [0.1, 0.15) is 17.1 Å². The number of nitrogens with zero attached hydrogens (tertiary/aromatic N) is 1. The number of hydrogen-bond donors (Lipinski definition) is 2. The van der Waals surface area contributed by atoms with E-state index in [0.717, 1.165) is 11.1 Å². The number of pyridine rings is 1. The van der Waals surface area contributed by atoms with Crippen molar-refractivity contribution in [1.29, 1.82) is 0 Å². The molecule has 2 aromatic carbocycles. The summed E-state index contributed by atoms with van der Waals surface area (Å²) in [4.78, 5) is 29.0. The van der Waals surface area contributed by atoms with Crippen molar-refractivity contribution < 1.29 is 14.3 Å². The average Bonchev–Trinajstić information content (AvgIpc) is 2.73. The molecule has 6 nitrogen and oxygen atoms in total. The van der Waals surface area contributed by atoms with Gasteiger partial charge >= 0.3 is 0 Å². The number of ether oxygens (including phenoxy) is 1. The van der Waals surface area contributed by atoms with Gasteiger partial charge in [-0.1, -0.05) is 35.9 Å². The van der Waals surface area contributed by atoms with Crippen LogP contribution in [0.5, 0.6) is 5.75 Å². The number of amides is 2. The molecule has 0 radical (unpaired) electrons. The standard InChI is InChI=1S/C22H21N3O3/c1-15-6-8-16(9-7-15)14-23-21(26)19-4-3-5-20(25-19)22(27)24-17-10-12-18(28-2)13-11-17/h3-13H,14H2,1-2H3,(H,23,26)(H,24,27). The normalized spacial score (nSPS) is 10.2. The van der Waals surface area contributed by atoms with Gasteiger partial charge in [0, 0.05) is 12.2 Å². The molecule has 0 aliphatic rings. The van der Waals surface area contributed by atoms with Crippen LogP contribution in [0.4, 0.5) is 5.69 Å². The summed E-state index contributed by atoms with van der Waals surface area (Å²) >= 11 is 0. The van der Waals surface area contributed by atoms with Crippen LogP contribution in [0.25, 0.3) is 0 Å². The zero-order valence-electron chi connectivity index (χ0n) is 15.7. The van der Waals surface area contributed by atoms with E-state index in [-0.39, 0.29) is 17.3 Å². The molecule has 0 atom stereocenters. The number of nitrogens with one attached hydrogen (secondary N) is 2. The highest BCUT2D eigenvalue weighted by atomic mass is 16.5. The molecule has 0 saturated carbocycles. The molecule has 0 saturated heterocycles. The molecule has 0 fully saturated rings. The lowest BCUT2D eigenvalue weighted by atomic mass is 10.1. The first-order valence-corrected chi connectivity index (χ1v) is 8.81. The fourth-order valence-corrected chi connectivity index (χ4v) is 2.54. The Hall–Kier alpha value is -3.67. The summed E-state index contributed by atoms with van der Waals surface area (Å²) in [7, 11) is 1.58. The molecular weight excluding hydrogens is 354 g/mol. The lowest BCUT2D eigenvalue weighted by molar-refractivity contribution is 0.0945. The van der Waals surface area contributed by atoms with Crippen molar-refractivity contribution >= 4 is 17.5 Å². The SMILES string of the molecule is COc1ccc(NC(=O)c2cccc(C(=O)NCc3ccc(C)cc3)n2)cc1. The number of aryl methyl sites for hydroxylation is 1. The summed E-state index contributed by atoms with van der Waals surface area (Å²) in [6.45, 7) is 2.40. The third-order valence-electron chi connectivity index (χ3n) is 4.14. The maximum absolute atomic E-state index is 12.4. The maximum Gasteiger partial charge on any atom is 0.274 e. The van der Waals surface area contributed by atoms with Crippen LogP contribution in [0.2, 0.25) is 0 Å². The summed E-state index contributed by atoms with van der Waals surface area (Å²) in [5.74, 6) is -0.0265. The number of benzene rings is 2. The average molecular weight is 375 g/mol. The molecule has 1 heterocycles. The van der Waals surface area contributed by atoms with Crippen molar-refractivity contribution in [3.63, 3.8) is 0 Å². The van der Waals surface area contributed by atoms with Crippen molar-refractivity contribution in [3.8, 4) is 5.75 Å². The van der Waals surface area contributed by atoms with Crippen LogP contribution in [0.3, 0.4) is 0 Å². The molecular formula is C22H21N3O3. The Morgan fingerprint density at radius 3 is 2.18 bits per heavy atom. The van der Waals surface area contributed by atoms with Crippen molar-refractivity contribution in [1.82, 2.24) is 10.3 Å². The molecule has 0 spiro atoms. The van der Waals surface area contributed by atoms with Crippen LogP contribution >= 0.6 is 0 Å². The monoisotopic (exact) mass is 375 g/mol. The summed E-state index contributed by atoms with van der Waals surface area (Å²) in [6.07, 6.45) is 0. The first-order chi connectivity index (χ1) is 13.5. The summed E-state index contributed by atoms with van der Waals surface area (Å²) in [6, 6.07) is 19.6. The molecule has 1 aromatic heterocycles. The van der Waals surface area contributed by atoms with Crippen molar-refractivity contribution in [2.24, 2.45) is 0 Å². The number of hydrogen-bond acceptors (Lipinski definition) is 4. The van der Waals surface area contributed by atoms with E-state index in [0.29, 0.717) is 18.0 Å². The molecule has 142 valence electrons. The van der Waals surface area contributed by atoms with Gasteiger partial charge in [-0.2, -0.15) is 0 Å². The summed E-state index contributed by atoms with van der Waals surface area (Å²) < 4.78 is 5.09. The Bertz CT molecular complexity index is 967. The predicted molar refractivity (Wildman–Crippen MR) is 108 cm³/mol. The van der Waals surface area contributed by atoms with Crippen molar-refractivity contribution in [3.05, 3.63) is 89.2 Å². The van der Waals surface area contributed by atoms with Crippen molar-refractivity contribution in [2.45, 2.75) is 13.5 Å². The van der Waals surface area contributed by atoms with Gasteiger partial charge in [-0.15, -0.1) is 0 Å². The first kappa shape index (κ1) is 19.1. The lowest BCUT2D eigenvalue weighted by Gasteiger charge is -2.08. The Morgan fingerprint density at radius 1 is 0.893 bits per heavy atom. The quantitative estimate of drug-likeness (QED) is 0.690. The highest BCUT2D eigenvalue weighted by Gasteiger charge is 2.12. The topological polar surface area (TPSA) is 80.3 Å². The van der Waals surface area contributed by atoms with E-state index in [1.165, 1.54) is 0 Å². The summed E-state index contributed by atoms with van der Waals surface area (Å²) in [5, 5.41) is 5.57. The van der Waals surface area contributed by atoms with Gasteiger partial charge in [-0.05, 0) is 48.9 Å². The molecule has 3 aromatic rings. The fraction of sp³-hybridized carbons (Fsp3) is 0.136. The largest absolute Gasteiger partial charge is 0.497 e. The van der Waals surface area contributed by atoms with Crippen LogP contribution in [0.15, 0.2) is 66.7 Å². The van der Waals surface area contributed by atoms with Gasteiger partial charge in [0.15, 0.2) is 0 Å². The zero-order chi connectivity index (χ0) is 19.9. The van der Waals surface area contributed by atoms with Gasteiger partial charge in [0.2, 0.25) is 0 Å². The van der Waals surface area contributed by atoms with Crippen LogP contribution in [0.1, 0.15) is 32.1 Å². The molecule has 3 rings (SSSR count). The molecule has 0 aliphatic carbocycles. The number of methoxy groups -OCH3 is 1. The third kappa shape index (κ3) is 4.94. The van der Waals surface area contributed by atoms with E-state index in [2.05, 4.69) is 15.6 Å². The van der Waals surface area contributed by atoms with E-state index in [1.807, 2.05) is 31.2 Å². The first-order valence-electron chi connectivity index (χ1n) is 8.81. The minimum absolute atomic E-state index is 0.166. The van der Waals surface area contributed by atoms with Crippen LogP contribution < -0.4 is 15.4 Å². The van der Waals surface area contributed by atoms with Gasteiger partial charge in [-0.25, -0.2) is 4.98 Å². The minimum atomic E-state index is -0.390. The lowest BCUT2D eigenvalue weighted by Crippen LogP contribution is -2.25. The van der Waals surface area contributed by atoms with Crippen molar-refractivity contribution in [2.75, 3.05) is 12.4 Å². The minimum Gasteiger partial charge on any atom is -0.497 e. The van der Waals surface area contributed by atoms with E-state index in [1.54, 1.807) is 49.6 Å². The third-order valence-corrected chi connectivity index (χ3v) is 4.14. The Morgan fingerprint density at radius 2 is 1.54 bits per heavy atom. The molecule has 6 heteroatoms. The predicted octanol–water partition coefficient (Wildman–Crippen LogP) is 3.58. The maximum atomic E-state index is 12.4. The number of anilines is 1. The van der Waals surface area contributed by atoms with E-state index < -0.39 is 5.91 Å². The highest BCUT2D eigenvalue weighted by molar-refractivity contribution is 6.03. The van der Waals surface area contributed by atoms with Crippen LogP contribution in [-0.4, -0.2) is 23.9 Å². The zero-order valence-corrected chi connectivity index (χ0v) is 15.7. The fourth-order valence-electron chi connectivity index (χ4n) is 2.54. The smallest absolute Gasteiger partial charge is 0.274 e. The number of carbonyl (C=O) groups excluding carboxylic acids is 2.